The van der Waals surface area contributed by atoms with Crippen molar-refractivity contribution in [3.63, 3.8) is 0 Å². The van der Waals surface area contributed by atoms with Crippen LogP contribution in [0.15, 0.2) is 0 Å². The summed E-state index contributed by atoms with van der Waals surface area (Å²) in [6.45, 7) is 10.2. The lowest BCUT2D eigenvalue weighted by Gasteiger charge is -2.44. The van der Waals surface area contributed by atoms with E-state index in [0.717, 1.165) is 32.5 Å². The van der Waals surface area contributed by atoms with Gasteiger partial charge in [0.1, 0.15) is 0 Å². The number of terminal acetylenes is 1. The molecule has 86 valence electrons. The summed E-state index contributed by atoms with van der Waals surface area (Å²) in [5.74, 6) is 2.72. The van der Waals surface area contributed by atoms with Gasteiger partial charge in [0.05, 0.1) is 0 Å². The molecule has 1 heterocycles. The van der Waals surface area contributed by atoms with Crippen LogP contribution in [0.3, 0.4) is 0 Å². The molecular formula is C13H24N2. The summed E-state index contributed by atoms with van der Waals surface area (Å²) in [7, 11) is 0. The highest BCUT2D eigenvalue weighted by Crippen LogP contribution is 2.17. The highest BCUT2D eigenvalue weighted by atomic mass is 15.2. The lowest BCUT2D eigenvalue weighted by Crippen LogP contribution is -2.61. The van der Waals surface area contributed by atoms with E-state index in [1.807, 2.05) is 0 Å². The zero-order valence-electron chi connectivity index (χ0n) is 10.3. The van der Waals surface area contributed by atoms with E-state index in [9.17, 15) is 0 Å². The number of piperazine rings is 1. The summed E-state index contributed by atoms with van der Waals surface area (Å²) in [5, 5.41) is 3.60. The predicted octanol–water partition coefficient (Wildman–Crippen LogP) is 1.86. The zero-order valence-corrected chi connectivity index (χ0v) is 10.3. The second-order valence-corrected chi connectivity index (χ2v) is 5.11. The number of rotatable bonds is 4. The second kappa shape index (κ2) is 5.53. The largest absolute Gasteiger partial charge is 0.309 e. The Hall–Kier alpha value is -0.520. The van der Waals surface area contributed by atoms with Crippen LogP contribution in [0.4, 0.5) is 0 Å². The van der Waals surface area contributed by atoms with Crippen LogP contribution in [-0.2, 0) is 0 Å². The summed E-state index contributed by atoms with van der Waals surface area (Å²) >= 11 is 0. The summed E-state index contributed by atoms with van der Waals surface area (Å²) in [6.07, 6.45) is 8.54. The number of hydrogen-bond acceptors (Lipinski definition) is 2. The molecule has 0 amide bonds. The maximum Gasteiger partial charge on any atom is 0.0252 e. The lowest BCUT2D eigenvalue weighted by molar-refractivity contribution is 0.0920. The van der Waals surface area contributed by atoms with Crippen molar-refractivity contribution >= 4 is 0 Å². The quantitative estimate of drug-likeness (QED) is 0.560. The fourth-order valence-corrected chi connectivity index (χ4v) is 2.26. The van der Waals surface area contributed by atoms with Crippen LogP contribution in [0.2, 0.25) is 0 Å². The topological polar surface area (TPSA) is 15.3 Å². The maximum absolute atomic E-state index is 5.28. The molecule has 15 heavy (non-hydrogen) atoms. The minimum atomic E-state index is 0.252. The minimum absolute atomic E-state index is 0.252. The highest BCUT2D eigenvalue weighted by molar-refractivity contribution is 4.92. The van der Waals surface area contributed by atoms with Gasteiger partial charge in [-0.1, -0.05) is 6.92 Å². The van der Waals surface area contributed by atoms with Gasteiger partial charge in [0.2, 0.25) is 0 Å². The number of nitrogens with one attached hydrogen (secondary N) is 1. The van der Waals surface area contributed by atoms with Crippen LogP contribution in [0.5, 0.6) is 0 Å². The molecule has 1 N–H and O–H groups in total. The Bertz CT molecular complexity index is 227. The van der Waals surface area contributed by atoms with Gasteiger partial charge in [-0.3, -0.25) is 4.90 Å². The number of nitrogens with zero attached hydrogens (tertiary/aromatic N) is 1. The molecule has 0 aromatic heterocycles. The highest BCUT2D eigenvalue weighted by Gasteiger charge is 2.30. The van der Waals surface area contributed by atoms with Gasteiger partial charge in [0, 0.05) is 31.1 Å². The van der Waals surface area contributed by atoms with Gasteiger partial charge >= 0.3 is 0 Å². The molecular weight excluding hydrogens is 184 g/mol. The van der Waals surface area contributed by atoms with Crippen LogP contribution < -0.4 is 5.32 Å². The van der Waals surface area contributed by atoms with Crippen molar-refractivity contribution in [3.8, 4) is 12.3 Å². The van der Waals surface area contributed by atoms with Gasteiger partial charge in [-0.15, -0.1) is 12.3 Å². The Morgan fingerprint density at radius 2 is 2.27 bits per heavy atom. The molecule has 1 saturated heterocycles. The molecule has 0 spiro atoms. The third kappa shape index (κ3) is 3.85. The average molecular weight is 208 g/mol. The third-order valence-corrected chi connectivity index (χ3v) is 3.17. The van der Waals surface area contributed by atoms with E-state index in [4.69, 9.17) is 6.42 Å². The monoisotopic (exact) mass is 208 g/mol. The summed E-state index contributed by atoms with van der Waals surface area (Å²) in [4.78, 5) is 2.59. The van der Waals surface area contributed by atoms with Crippen molar-refractivity contribution in [2.75, 3.05) is 19.6 Å². The molecule has 1 fully saturated rings. The predicted molar refractivity (Wildman–Crippen MR) is 65.8 cm³/mol. The molecule has 0 aliphatic carbocycles. The molecule has 2 heteroatoms. The summed E-state index contributed by atoms with van der Waals surface area (Å²) in [6, 6.07) is 0.691. The first-order valence-corrected chi connectivity index (χ1v) is 6.01. The molecule has 0 radical (unpaired) electrons. The van der Waals surface area contributed by atoms with Crippen molar-refractivity contribution in [2.45, 2.75) is 51.6 Å². The van der Waals surface area contributed by atoms with Crippen molar-refractivity contribution < 1.29 is 0 Å². The van der Waals surface area contributed by atoms with Gasteiger partial charge in [0.15, 0.2) is 0 Å². The van der Waals surface area contributed by atoms with E-state index in [-0.39, 0.29) is 5.54 Å². The molecule has 1 atom stereocenters. The first-order valence-electron chi connectivity index (χ1n) is 6.01. The Kier molecular flexibility index (Phi) is 4.63. The summed E-state index contributed by atoms with van der Waals surface area (Å²) in [5.41, 5.74) is 0.252. The molecule has 1 aliphatic rings. The third-order valence-electron chi connectivity index (χ3n) is 3.17. The van der Waals surface area contributed by atoms with Crippen molar-refractivity contribution in [2.24, 2.45) is 0 Å². The molecule has 2 nitrogen and oxygen atoms in total. The van der Waals surface area contributed by atoms with Crippen molar-refractivity contribution in [1.29, 1.82) is 0 Å². The molecule has 0 saturated carbocycles. The van der Waals surface area contributed by atoms with Crippen molar-refractivity contribution in [1.82, 2.24) is 10.2 Å². The Morgan fingerprint density at radius 3 is 2.87 bits per heavy atom. The van der Waals surface area contributed by atoms with Crippen LogP contribution in [0.1, 0.15) is 40.0 Å². The normalized spacial score (nSPS) is 26.1. The zero-order chi connectivity index (χ0) is 11.3. The van der Waals surface area contributed by atoms with Gasteiger partial charge in [-0.05, 0) is 33.2 Å². The van der Waals surface area contributed by atoms with E-state index >= 15 is 0 Å². The van der Waals surface area contributed by atoms with E-state index in [1.54, 1.807) is 0 Å². The second-order valence-electron chi connectivity index (χ2n) is 5.11. The Morgan fingerprint density at radius 1 is 1.53 bits per heavy atom. The molecule has 0 bridgehead atoms. The maximum atomic E-state index is 5.28. The molecule has 1 unspecified atom stereocenters. The van der Waals surface area contributed by atoms with E-state index in [1.165, 1.54) is 6.42 Å². The lowest BCUT2D eigenvalue weighted by atomic mass is 9.97. The Labute approximate surface area is 94.4 Å². The minimum Gasteiger partial charge on any atom is -0.309 e. The first-order chi connectivity index (χ1) is 7.09. The van der Waals surface area contributed by atoms with Gasteiger partial charge in [0.25, 0.3) is 0 Å². The fourth-order valence-electron chi connectivity index (χ4n) is 2.26. The molecule has 1 aliphatic heterocycles. The molecule has 0 aromatic rings. The first kappa shape index (κ1) is 12.5. The fraction of sp³-hybridized carbons (Fsp3) is 0.846. The van der Waals surface area contributed by atoms with Crippen LogP contribution in [-0.4, -0.2) is 36.1 Å². The van der Waals surface area contributed by atoms with Gasteiger partial charge < -0.3 is 5.32 Å². The van der Waals surface area contributed by atoms with E-state index < -0.39 is 0 Å². The SMILES string of the molecule is C#CCCCN1CC(C)(C)NCC1CC. The van der Waals surface area contributed by atoms with Crippen molar-refractivity contribution in [3.05, 3.63) is 0 Å². The summed E-state index contributed by atoms with van der Waals surface area (Å²) < 4.78 is 0. The van der Waals surface area contributed by atoms with Crippen LogP contribution >= 0.6 is 0 Å². The van der Waals surface area contributed by atoms with Crippen LogP contribution in [0, 0.1) is 12.3 Å². The van der Waals surface area contributed by atoms with Gasteiger partial charge in [-0.25, -0.2) is 0 Å². The van der Waals surface area contributed by atoms with E-state index in [2.05, 4.69) is 36.9 Å². The Balaban J connectivity index is 2.45. The van der Waals surface area contributed by atoms with Gasteiger partial charge in [-0.2, -0.15) is 0 Å². The van der Waals surface area contributed by atoms with E-state index in [0.29, 0.717) is 6.04 Å². The van der Waals surface area contributed by atoms with Crippen LogP contribution in [0.25, 0.3) is 0 Å². The standard InChI is InChI=1S/C13H24N2/c1-5-7-8-9-15-11-13(3,4)14-10-12(15)6-2/h1,12,14H,6-11H2,2-4H3. The molecule has 1 rings (SSSR count). The average Bonchev–Trinajstić information content (AvgIpc) is 2.17. The smallest absolute Gasteiger partial charge is 0.0252 e. The number of unbranched alkanes of at least 4 members (excludes halogenated alkanes) is 1. The number of hydrogen-bond donors (Lipinski definition) is 1. The molecule has 0 aromatic carbocycles.